The van der Waals surface area contributed by atoms with Crippen LogP contribution in [0.2, 0.25) is 0 Å². The van der Waals surface area contributed by atoms with E-state index in [2.05, 4.69) is 33.8 Å². The molecule has 16 heavy (non-hydrogen) atoms. The topological polar surface area (TPSA) is 29.3 Å². The lowest BCUT2D eigenvalue weighted by atomic mass is 10.1. The molecule has 1 unspecified atom stereocenters. The van der Waals surface area contributed by atoms with Crippen LogP contribution in [0.4, 0.5) is 5.69 Å². The Labute approximate surface area is 110 Å². The quantitative estimate of drug-likeness (QED) is 0.852. The van der Waals surface area contributed by atoms with Crippen molar-refractivity contribution < 1.29 is 0 Å². The average Bonchev–Trinajstić information content (AvgIpc) is 2.28. The van der Waals surface area contributed by atoms with Crippen molar-refractivity contribution in [1.82, 2.24) is 4.90 Å². The number of nitrogen functional groups attached to an aromatic ring is 1. The molecule has 4 heteroatoms. The van der Waals surface area contributed by atoms with Crippen molar-refractivity contribution >= 4 is 33.4 Å². The summed E-state index contributed by atoms with van der Waals surface area (Å²) in [6.07, 6.45) is 0. The first-order chi connectivity index (χ1) is 7.68. The molecule has 88 valence electrons. The molecule has 2 N–H and O–H groups in total. The summed E-state index contributed by atoms with van der Waals surface area (Å²) >= 11 is 5.62. The summed E-state index contributed by atoms with van der Waals surface area (Å²) < 4.78 is 1.06. The van der Waals surface area contributed by atoms with E-state index in [0.29, 0.717) is 6.04 Å². The third kappa shape index (κ3) is 2.73. The molecule has 1 atom stereocenters. The predicted octanol–water partition coefficient (Wildman–Crippen LogP) is 2.97. The van der Waals surface area contributed by atoms with Gasteiger partial charge < -0.3 is 5.73 Å². The van der Waals surface area contributed by atoms with Gasteiger partial charge in [-0.15, -0.1) is 0 Å². The predicted molar refractivity (Wildman–Crippen MR) is 75.8 cm³/mol. The molecule has 1 fully saturated rings. The minimum Gasteiger partial charge on any atom is -0.398 e. The highest BCUT2D eigenvalue weighted by Gasteiger charge is 2.19. The first-order valence-electron chi connectivity index (χ1n) is 5.53. The number of hydrogen-bond acceptors (Lipinski definition) is 3. The van der Waals surface area contributed by atoms with Crippen molar-refractivity contribution in [2.24, 2.45) is 0 Å². The molecule has 1 aliphatic rings. The van der Waals surface area contributed by atoms with Crippen LogP contribution in [0.1, 0.15) is 12.5 Å². The number of thioether (sulfide) groups is 1. The fourth-order valence-electron chi connectivity index (χ4n) is 1.94. The number of anilines is 1. The lowest BCUT2D eigenvalue weighted by Crippen LogP contribution is -2.39. The Morgan fingerprint density at radius 3 is 3.12 bits per heavy atom. The Morgan fingerprint density at radius 1 is 1.56 bits per heavy atom. The van der Waals surface area contributed by atoms with E-state index in [1.807, 2.05) is 23.9 Å². The number of nitrogens with zero attached hydrogens (tertiary/aromatic N) is 1. The number of hydrogen-bond donors (Lipinski definition) is 1. The molecular formula is C12H17BrN2S. The van der Waals surface area contributed by atoms with E-state index >= 15 is 0 Å². The number of benzene rings is 1. The van der Waals surface area contributed by atoms with Gasteiger partial charge in [-0.3, -0.25) is 4.90 Å². The third-order valence-electron chi connectivity index (χ3n) is 2.99. The van der Waals surface area contributed by atoms with Crippen molar-refractivity contribution in [2.75, 3.05) is 23.8 Å². The van der Waals surface area contributed by atoms with Crippen LogP contribution in [0.15, 0.2) is 22.7 Å². The zero-order valence-corrected chi connectivity index (χ0v) is 11.9. The highest BCUT2D eigenvalue weighted by Crippen LogP contribution is 2.26. The fraction of sp³-hybridized carbons (Fsp3) is 0.500. The maximum absolute atomic E-state index is 5.89. The van der Waals surface area contributed by atoms with E-state index in [9.17, 15) is 0 Å². The normalized spacial score (nSPS) is 22.2. The minimum atomic E-state index is 0.659. The van der Waals surface area contributed by atoms with Gasteiger partial charge in [-0.1, -0.05) is 12.1 Å². The summed E-state index contributed by atoms with van der Waals surface area (Å²) in [5.74, 6) is 2.48. The van der Waals surface area contributed by atoms with Crippen LogP contribution in [0.25, 0.3) is 0 Å². The number of nitrogens with two attached hydrogens (primary N) is 1. The molecule has 1 heterocycles. The maximum Gasteiger partial charge on any atom is 0.0461 e. The molecular weight excluding hydrogens is 284 g/mol. The summed E-state index contributed by atoms with van der Waals surface area (Å²) in [5, 5.41) is 0. The van der Waals surface area contributed by atoms with E-state index in [4.69, 9.17) is 5.73 Å². The van der Waals surface area contributed by atoms with Crippen molar-refractivity contribution in [3.05, 3.63) is 28.2 Å². The average molecular weight is 301 g/mol. The molecule has 0 bridgehead atoms. The molecule has 0 aromatic heterocycles. The van der Waals surface area contributed by atoms with Gasteiger partial charge in [-0.2, -0.15) is 11.8 Å². The Kier molecular flexibility index (Phi) is 4.16. The van der Waals surface area contributed by atoms with Crippen molar-refractivity contribution in [2.45, 2.75) is 19.5 Å². The SMILES string of the molecule is CC1CSCCN1Cc1cccc(N)c1Br. The zero-order chi connectivity index (χ0) is 11.5. The first-order valence-corrected chi connectivity index (χ1v) is 7.48. The van der Waals surface area contributed by atoms with Gasteiger partial charge in [0.05, 0.1) is 0 Å². The molecule has 0 radical (unpaired) electrons. The van der Waals surface area contributed by atoms with Gasteiger partial charge in [0.25, 0.3) is 0 Å². The molecule has 0 spiro atoms. The van der Waals surface area contributed by atoms with Gasteiger partial charge in [0.1, 0.15) is 0 Å². The minimum absolute atomic E-state index is 0.659. The number of halogens is 1. The first kappa shape index (κ1) is 12.3. The highest BCUT2D eigenvalue weighted by molar-refractivity contribution is 9.10. The molecule has 0 saturated carbocycles. The second kappa shape index (κ2) is 5.43. The van der Waals surface area contributed by atoms with Gasteiger partial charge in [-0.25, -0.2) is 0 Å². The fourth-order valence-corrected chi connectivity index (χ4v) is 3.41. The van der Waals surface area contributed by atoms with Crippen LogP contribution in [-0.2, 0) is 6.54 Å². The molecule has 0 aliphatic carbocycles. The van der Waals surface area contributed by atoms with Gasteiger partial charge in [-0.05, 0) is 34.5 Å². The summed E-state index contributed by atoms with van der Waals surface area (Å²) in [5.41, 5.74) is 8.01. The van der Waals surface area contributed by atoms with E-state index in [-0.39, 0.29) is 0 Å². The van der Waals surface area contributed by atoms with Gasteiger partial charge in [0.15, 0.2) is 0 Å². The van der Waals surface area contributed by atoms with Crippen LogP contribution < -0.4 is 5.73 Å². The monoisotopic (exact) mass is 300 g/mol. The van der Waals surface area contributed by atoms with Gasteiger partial charge >= 0.3 is 0 Å². The van der Waals surface area contributed by atoms with Crippen molar-refractivity contribution in [3.8, 4) is 0 Å². The molecule has 1 aromatic carbocycles. The summed E-state index contributed by atoms with van der Waals surface area (Å²) in [7, 11) is 0. The second-order valence-corrected chi connectivity index (χ2v) is 6.16. The second-order valence-electron chi connectivity index (χ2n) is 4.21. The lowest BCUT2D eigenvalue weighted by Gasteiger charge is -2.33. The van der Waals surface area contributed by atoms with E-state index in [1.165, 1.54) is 23.6 Å². The van der Waals surface area contributed by atoms with E-state index in [1.54, 1.807) is 0 Å². The Balaban J connectivity index is 2.10. The Hall–Kier alpha value is -0.190. The van der Waals surface area contributed by atoms with Crippen LogP contribution >= 0.6 is 27.7 Å². The summed E-state index contributed by atoms with van der Waals surface area (Å²) in [6.45, 7) is 4.47. The number of rotatable bonds is 2. The third-order valence-corrected chi connectivity index (χ3v) is 5.14. The standard InChI is InChI=1S/C12H17BrN2S/c1-9-8-16-6-5-15(9)7-10-3-2-4-11(14)12(10)13/h2-4,9H,5-8,14H2,1H3. The van der Waals surface area contributed by atoms with Crippen LogP contribution in [0.3, 0.4) is 0 Å². The smallest absolute Gasteiger partial charge is 0.0461 e. The molecule has 1 aliphatic heterocycles. The Morgan fingerprint density at radius 2 is 2.38 bits per heavy atom. The van der Waals surface area contributed by atoms with Gasteiger partial charge in [0.2, 0.25) is 0 Å². The molecule has 2 nitrogen and oxygen atoms in total. The van der Waals surface area contributed by atoms with Crippen LogP contribution in [0, 0.1) is 0 Å². The molecule has 1 aromatic rings. The Bertz CT molecular complexity index is 370. The summed E-state index contributed by atoms with van der Waals surface area (Å²) in [4.78, 5) is 2.52. The summed E-state index contributed by atoms with van der Waals surface area (Å²) in [6, 6.07) is 6.77. The largest absolute Gasteiger partial charge is 0.398 e. The van der Waals surface area contributed by atoms with Crippen molar-refractivity contribution in [3.63, 3.8) is 0 Å². The molecule has 1 saturated heterocycles. The molecule has 0 amide bonds. The van der Waals surface area contributed by atoms with Gasteiger partial charge in [0, 0.05) is 40.8 Å². The lowest BCUT2D eigenvalue weighted by molar-refractivity contribution is 0.223. The van der Waals surface area contributed by atoms with E-state index in [0.717, 1.165) is 16.7 Å². The zero-order valence-electron chi connectivity index (χ0n) is 9.45. The van der Waals surface area contributed by atoms with E-state index < -0.39 is 0 Å². The van der Waals surface area contributed by atoms with Crippen molar-refractivity contribution in [1.29, 1.82) is 0 Å². The van der Waals surface area contributed by atoms with Crippen LogP contribution in [-0.4, -0.2) is 29.0 Å². The molecule has 2 rings (SSSR count). The van der Waals surface area contributed by atoms with Crippen LogP contribution in [0.5, 0.6) is 0 Å². The maximum atomic E-state index is 5.89. The highest BCUT2D eigenvalue weighted by atomic mass is 79.9.